The van der Waals surface area contributed by atoms with E-state index in [1.54, 1.807) is 18.9 Å². The zero-order valence-electron chi connectivity index (χ0n) is 14.1. The Morgan fingerprint density at radius 3 is 2.62 bits per heavy atom. The van der Waals surface area contributed by atoms with Crippen molar-refractivity contribution in [3.8, 4) is 11.5 Å². The van der Waals surface area contributed by atoms with Crippen LogP contribution in [0.5, 0.6) is 11.5 Å². The van der Waals surface area contributed by atoms with Gasteiger partial charge in [0.25, 0.3) is 0 Å². The third-order valence-corrected chi connectivity index (χ3v) is 5.25. The predicted molar refractivity (Wildman–Crippen MR) is 93.8 cm³/mol. The summed E-state index contributed by atoms with van der Waals surface area (Å²) in [6, 6.07) is 8.14. The number of aromatic nitrogens is 4. The van der Waals surface area contributed by atoms with Gasteiger partial charge in [0.2, 0.25) is 5.16 Å². The van der Waals surface area contributed by atoms with Crippen molar-refractivity contribution in [3.63, 3.8) is 0 Å². The van der Waals surface area contributed by atoms with Gasteiger partial charge >= 0.3 is 0 Å². The molecular weight excluding hydrogens is 324 g/mol. The van der Waals surface area contributed by atoms with Crippen molar-refractivity contribution in [2.24, 2.45) is 0 Å². The molecule has 3 rings (SSSR count). The number of rotatable bonds is 8. The van der Waals surface area contributed by atoms with Gasteiger partial charge in [-0.3, -0.25) is 0 Å². The molecule has 1 aliphatic carbocycles. The maximum atomic E-state index is 5.74. The molecule has 1 saturated carbocycles. The van der Waals surface area contributed by atoms with Gasteiger partial charge < -0.3 is 9.47 Å². The Kier molecular flexibility index (Phi) is 6.34. The van der Waals surface area contributed by atoms with Crippen molar-refractivity contribution in [2.45, 2.75) is 49.7 Å². The van der Waals surface area contributed by atoms with Gasteiger partial charge in [0.05, 0.1) is 19.8 Å². The smallest absolute Gasteiger partial charge is 0.209 e. The molecular formula is C17H24N4O2S. The molecule has 7 heteroatoms. The largest absolute Gasteiger partial charge is 0.497 e. The normalized spacial score (nSPS) is 15.4. The second-order valence-electron chi connectivity index (χ2n) is 5.92. The molecule has 0 bridgehead atoms. The van der Waals surface area contributed by atoms with Crippen molar-refractivity contribution in [3.05, 3.63) is 24.3 Å². The summed E-state index contributed by atoms with van der Waals surface area (Å²) < 4.78 is 12.9. The molecule has 0 spiro atoms. The van der Waals surface area contributed by atoms with Gasteiger partial charge in [0.1, 0.15) is 11.5 Å². The van der Waals surface area contributed by atoms with Crippen LogP contribution in [0.15, 0.2) is 29.4 Å². The molecule has 0 radical (unpaired) electrons. The fourth-order valence-electron chi connectivity index (χ4n) is 2.92. The topological polar surface area (TPSA) is 62.1 Å². The Hall–Kier alpha value is -1.76. The van der Waals surface area contributed by atoms with Crippen molar-refractivity contribution in [1.29, 1.82) is 0 Å². The zero-order chi connectivity index (χ0) is 16.6. The monoisotopic (exact) mass is 348 g/mol. The number of methoxy groups -OCH3 is 1. The number of hydrogen-bond donors (Lipinski definition) is 0. The highest BCUT2D eigenvalue weighted by Gasteiger charge is 2.19. The Bertz CT molecular complexity index is 611. The average Bonchev–Trinajstić information content (AvgIpc) is 3.11. The number of benzene rings is 1. The molecule has 1 aromatic heterocycles. The van der Waals surface area contributed by atoms with E-state index in [2.05, 4.69) is 15.5 Å². The molecule has 1 aliphatic rings. The van der Waals surface area contributed by atoms with Crippen molar-refractivity contribution >= 4 is 11.8 Å². The first-order valence-electron chi connectivity index (χ1n) is 8.54. The Morgan fingerprint density at radius 1 is 1.12 bits per heavy atom. The van der Waals surface area contributed by atoms with E-state index in [1.807, 2.05) is 28.9 Å². The SMILES string of the molecule is COc1ccc(OCCCSc2nnnn2C2CCCCC2)cc1. The van der Waals surface area contributed by atoms with E-state index >= 15 is 0 Å². The molecule has 6 nitrogen and oxygen atoms in total. The van der Waals surface area contributed by atoms with Crippen molar-refractivity contribution in [1.82, 2.24) is 20.2 Å². The first kappa shape index (κ1) is 17.1. The molecule has 130 valence electrons. The number of thioether (sulfide) groups is 1. The maximum Gasteiger partial charge on any atom is 0.209 e. The molecule has 0 amide bonds. The second-order valence-corrected chi connectivity index (χ2v) is 6.99. The molecule has 24 heavy (non-hydrogen) atoms. The molecule has 1 heterocycles. The summed E-state index contributed by atoms with van der Waals surface area (Å²) in [7, 11) is 1.66. The molecule has 1 fully saturated rings. The predicted octanol–water partition coefficient (Wildman–Crippen LogP) is 3.75. The van der Waals surface area contributed by atoms with Gasteiger partial charge in [0, 0.05) is 5.75 Å². The van der Waals surface area contributed by atoms with E-state index < -0.39 is 0 Å². The fourth-order valence-corrected chi connectivity index (χ4v) is 3.78. The van der Waals surface area contributed by atoms with Crippen LogP contribution in [0.1, 0.15) is 44.6 Å². The first-order valence-corrected chi connectivity index (χ1v) is 9.53. The van der Waals surface area contributed by atoms with Crippen LogP contribution in [-0.2, 0) is 0 Å². The standard InChI is InChI=1S/C17H24N4O2S/c1-22-15-8-10-16(11-9-15)23-12-5-13-24-17-18-19-20-21(17)14-6-3-2-4-7-14/h8-11,14H,2-7,12-13H2,1H3. The lowest BCUT2D eigenvalue weighted by Gasteiger charge is -2.21. The molecule has 0 saturated heterocycles. The minimum absolute atomic E-state index is 0.479. The Balaban J connectivity index is 1.39. The number of ether oxygens (including phenoxy) is 2. The number of hydrogen-bond acceptors (Lipinski definition) is 6. The molecule has 1 aromatic carbocycles. The van der Waals surface area contributed by atoms with E-state index in [0.29, 0.717) is 12.6 Å². The number of tetrazole rings is 1. The molecule has 0 aliphatic heterocycles. The average molecular weight is 348 g/mol. The summed E-state index contributed by atoms with van der Waals surface area (Å²) in [5.74, 6) is 2.66. The lowest BCUT2D eigenvalue weighted by Crippen LogP contribution is -2.15. The van der Waals surface area contributed by atoms with Crippen LogP contribution in [0.25, 0.3) is 0 Å². The van der Waals surface area contributed by atoms with E-state index in [1.165, 1.54) is 32.1 Å². The van der Waals surface area contributed by atoms with Gasteiger partial charge in [0.15, 0.2) is 0 Å². The highest BCUT2D eigenvalue weighted by molar-refractivity contribution is 7.99. The van der Waals surface area contributed by atoms with Crippen molar-refractivity contribution in [2.75, 3.05) is 19.5 Å². The quantitative estimate of drug-likeness (QED) is 0.535. The minimum Gasteiger partial charge on any atom is -0.497 e. The van der Waals surface area contributed by atoms with Crippen LogP contribution >= 0.6 is 11.8 Å². The Morgan fingerprint density at radius 2 is 1.88 bits per heavy atom. The summed E-state index contributed by atoms with van der Waals surface area (Å²) in [5, 5.41) is 13.2. The van der Waals surface area contributed by atoms with Gasteiger partial charge in [-0.1, -0.05) is 31.0 Å². The molecule has 0 unspecified atom stereocenters. The maximum absolute atomic E-state index is 5.74. The van der Waals surface area contributed by atoms with Crippen LogP contribution in [0.4, 0.5) is 0 Å². The highest BCUT2D eigenvalue weighted by Crippen LogP contribution is 2.30. The summed E-state index contributed by atoms with van der Waals surface area (Å²) >= 11 is 1.72. The second kappa shape index (κ2) is 8.92. The van der Waals surface area contributed by atoms with Crippen LogP contribution in [0.3, 0.4) is 0 Å². The van der Waals surface area contributed by atoms with E-state index in [-0.39, 0.29) is 0 Å². The third-order valence-electron chi connectivity index (χ3n) is 4.23. The summed E-state index contributed by atoms with van der Waals surface area (Å²) in [5.41, 5.74) is 0. The van der Waals surface area contributed by atoms with Crippen LogP contribution < -0.4 is 9.47 Å². The molecule has 2 aromatic rings. The summed E-state index contributed by atoms with van der Waals surface area (Å²) in [6.07, 6.45) is 7.24. The highest BCUT2D eigenvalue weighted by atomic mass is 32.2. The summed E-state index contributed by atoms with van der Waals surface area (Å²) in [6.45, 7) is 0.685. The zero-order valence-corrected chi connectivity index (χ0v) is 14.9. The van der Waals surface area contributed by atoms with Gasteiger partial charge in [-0.15, -0.1) is 5.10 Å². The summed E-state index contributed by atoms with van der Waals surface area (Å²) in [4.78, 5) is 0. The van der Waals surface area contributed by atoms with E-state index in [9.17, 15) is 0 Å². The first-order chi connectivity index (χ1) is 11.9. The van der Waals surface area contributed by atoms with E-state index in [0.717, 1.165) is 28.8 Å². The van der Waals surface area contributed by atoms with Crippen LogP contribution in [-0.4, -0.2) is 39.7 Å². The van der Waals surface area contributed by atoms with Gasteiger partial charge in [-0.2, -0.15) is 0 Å². The minimum atomic E-state index is 0.479. The van der Waals surface area contributed by atoms with Gasteiger partial charge in [-0.25, -0.2) is 4.68 Å². The fraction of sp³-hybridized carbons (Fsp3) is 0.588. The van der Waals surface area contributed by atoms with Gasteiger partial charge in [-0.05, 0) is 54.0 Å². The lowest BCUT2D eigenvalue weighted by atomic mass is 9.96. The molecule has 0 N–H and O–H groups in total. The van der Waals surface area contributed by atoms with Crippen LogP contribution in [0.2, 0.25) is 0 Å². The Labute approximate surface area is 146 Å². The third kappa shape index (κ3) is 4.63. The van der Waals surface area contributed by atoms with E-state index in [4.69, 9.17) is 9.47 Å². The molecule has 0 atom stereocenters. The lowest BCUT2D eigenvalue weighted by molar-refractivity contribution is 0.307. The van der Waals surface area contributed by atoms with Crippen LogP contribution in [0, 0.1) is 0 Å². The van der Waals surface area contributed by atoms with Crippen molar-refractivity contribution < 1.29 is 9.47 Å². The number of nitrogens with zero attached hydrogens (tertiary/aromatic N) is 4.